The summed E-state index contributed by atoms with van der Waals surface area (Å²) in [7, 11) is 0. The number of nitrogens with two attached hydrogens (primary N) is 1. The first-order valence-electron chi connectivity index (χ1n) is 3.34. The average molecular weight is 220 g/mol. The van der Waals surface area contributed by atoms with Crippen molar-refractivity contribution in [1.29, 1.82) is 0 Å². The topological polar surface area (TPSA) is 74.7 Å². The van der Waals surface area contributed by atoms with Crippen molar-refractivity contribution in [3.63, 3.8) is 0 Å². The molecule has 0 bridgehead atoms. The van der Waals surface area contributed by atoms with Crippen LogP contribution >= 0.6 is 24.0 Å². The van der Waals surface area contributed by atoms with Crippen LogP contribution < -0.4 is 11.4 Å². The molecule has 0 amide bonds. The second-order valence-corrected chi connectivity index (χ2v) is 2.91. The monoisotopic (exact) mass is 219 g/mol. The van der Waals surface area contributed by atoms with Gasteiger partial charge in [0.1, 0.15) is 0 Å². The molecule has 4 N–H and O–H groups in total. The number of aromatic nitrogens is 2. The van der Waals surface area contributed by atoms with Gasteiger partial charge in [0.25, 0.3) is 0 Å². The number of nitrogens with one attached hydrogen (secondary N) is 2. The van der Waals surface area contributed by atoms with Crippen molar-refractivity contribution in [3.8, 4) is 0 Å². The van der Waals surface area contributed by atoms with Crippen molar-refractivity contribution in [2.24, 2.45) is 0 Å². The summed E-state index contributed by atoms with van der Waals surface area (Å²) in [5, 5.41) is 0.442. The Hall–Kier alpha value is -1.13. The Bertz CT molecular complexity index is 446. The summed E-state index contributed by atoms with van der Waals surface area (Å²) >= 11 is 5.74. The number of rotatable bonds is 0. The predicted molar refractivity (Wildman–Crippen MR) is 55.6 cm³/mol. The summed E-state index contributed by atoms with van der Waals surface area (Å²) in [5.41, 5.74) is 7.06. The van der Waals surface area contributed by atoms with Gasteiger partial charge in [0.15, 0.2) is 0 Å². The van der Waals surface area contributed by atoms with E-state index in [1.165, 1.54) is 0 Å². The van der Waals surface area contributed by atoms with Gasteiger partial charge in [-0.25, -0.2) is 4.79 Å². The first kappa shape index (κ1) is 9.95. The van der Waals surface area contributed by atoms with Gasteiger partial charge in [-0.15, -0.1) is 12.4 Å². The Labute approximate surface area is 84.5 Å². The Kier molecular flexibility index (Phi) is 2.54. The molecule has 1 aromatic carbocycles. The minimum atomic E-state index is -0.258. The number of anilines is 1. The first-order chi connectivity index (χ1) is 5.66. The quantitative estimate of drug-likeness (QED) is 0.588. The van der Waals surface area contributed by atoms with Gasteiger partial charge in [0, 0.05) is 0 Å². The number of halogens is 2. The fourth-order valence-electron chi connectivity index (χ4n) is 1.07. The highest BCUT2D eigenvalue weighted by Gasteiger charge is 2.01. The zero-order valence-corrected chi connectivity index (χ0v) is 8.00. The molecule has 0 aliphatic carbocycles. The molecule has 6 heteroatoms. The molecule has 0 fully saturated rings. The van der Waals surface area contributed by atoms with Crippen molar-refractivity contribution in [1.82, 2.24) is 9.97 Å². The molecule has 0 aliphatic rings. The summed E-state index contributed by atoms with van der Waals surface area (Å²) in [4.78, 5) is 16.0. The number of aromatic amines is 2. The molecule has 0 spiro atoms. The van der Waals surface area contributed by atoms with E-state index in [1.807, 2.05) is 0 Å². The van der Waals surface area contributed by atoms with Crippen LogP contribution in [0.5, 0.6) is 0 Å². The van der Waals surface area contributed by atoms with E-state index >= 15 is 0 Å². The molecule has 0 saturated heterocycles. The second kappa shape index (κ2) is 3.32. The highest BCUT2D eigenvalue weighted by molar-refractivity contribution is 6.33. The van der Waals surface area contributed by atoms with Crippen molar-refractivity contribution >= 4 is 40.7 Å². The highest BCUT2D eigenvalue weighted by atomic mass is 35.5. The van der Waals surface area contributed by atoms with Crippen LogP contribution in [0.15, 0.2) is 16.9 Å². The molecule has 13 heavy (non-hydrogen) atoms. The molecule has 0 aliphatic heterocycles. The van der Waals surface area contributed by atoms with E-state index in [4.69, 9.17) is 17.3 Å². The van der Waals surface area contributed by atoms with Crippen LogP contribution in [-0.2, 0) is 0 Å². The molecule has 1 heterocycles. The first-order valence-corrected chi connectivity index (χ1v) is 3.71. The van der Waals surface area contributed by atoms with Crippen molar-refractivity contribution in [2.75, 3.05) is 5.73 Å². The fourth-order valence-corrected chi connectivity index (χ4v) is 1.24. The van der Waals surface area contributed by atoms with Gasteiger partial charge in [0.2, 0.25) is 0 Å². The zero-order chi connectivity index (χ0) is 8.72. The van der Waals surface area contributed by atoms with Crippen LogP contribution in [0.1, 0.15) is 0 Å². The largest absolute Gasteiger partial charge is 0.397 e. The Balaban J connectivity index is 0.000000845. The molecule has 0 unspecified atom stereocenters. The summed E-state index contributed by atoms with van der Waals surface area (Å²) in [6, 6.07) is 3.24. The minimum Gasteiger partial charge on any atom is -0.397 e. The third kappa shape index (κ3) is 1.64. The standard InChI is InChI=1S/C7H6ClN3O.ClH/c8-3-1-5-6(2-4(3)9)11-7(12)10-5;/h1-2H,9H2,(H2,10,11,12);1H. The molecular weight excluding hydrogens is 213 g/mol. The third-order valence-electron chi connectivity index (χ3n) is 1.63. The summed E-state index contributed by atoms with van der Waals surface area (Å²) < 4.78 is 0. The molecule has 0 radical (unpaired) electrons. The van der Waals surface area contributed by atoms with Crippen LogP contribution in [0.4, 0.5) is 5.69 Å². The summed E-state index contributed by atoms with van der Waals surface area (Å²) in [6.45, 7) is 0. The maximum absolute atomic E-state index is 10.8. The zero-order valence-electron chi connectivity index (χ0n) is 6.43. The number of hydrogen-bond acceptors (Lipinski definition) is 2. The van der Waals surface area contributed by atoms with E-state index < -0.39 is 0 Å². The van der Waals surface area contributed by atoms with Gasteiger partial charge in [-0.3, -0.25) is 0 Å². The van der Waals surface area contributed by atoms with E-state index in [9.17, 15) is 4.79 Å². The van der Waals surface area contributed by atoms with Gasteiger partial charge in [-0.2, -0.15) is 0 Å². The third-order valence-corrected chi connectivity index (χ3v) is 1.96. The van der Waals surface area contributed by atoms with E-state index in [1.54, 1.807) is 12.1 Å². The number of nitrogen functional groups attached to an aromatic ring is 1. The van der Waals surface area contributed by atoms with Crippen LogP contribution in [0.2, 0.25) is 5.02 Å². The lowest BCUT2D eigenvalue weighted by Gasteiger charge is -1.95. The predicted octanol–water partition coefficient (Wildman–Crippen LogP) is 1.51. The lowest BCUT2D eigenvalue weighted by Crippen LogP contribution is -1.99. The molecule has 2 aromatic rings. The maximum Gasteiger partial charge on any atom is 0.323 e. The van der Waals surface area contributed by atoms with Gasteiger partial charge < -0.3 is 15.7 Å². The Morgan fingerprint density at radius 1 is 1.23 bits per heavy atom. The Morgan fingerprint density at radius 2 is 1.77 bits per heavy atom. The molecule has 0 atom stereocenters. The van der Waals surface area contributed by atoms with E-state index in [-0.39, 0.29) is 18.1 Å². The van der Waals surface area contributed by atoms with Crippen LogP contribution in [0.3, 0.4) is 0 Å². The van der Waals surface area contributed by atoms with Gasteiger partial charge in [-0.05, 0) is 12.1 Å². The minimum absolute atomic E-state index is 0. The molecule has 0 saturated carbocycles. The smallest absolute Gasteiger partial charge is 0.323 e. The van der Waals surface area contributed by atoms with Crippen LogP contribution in [0, 0.1) is 0 Å². The van der Waals surface area contributed by atoms with Crippen LogP contribution in [-0.4, -0.2) is 9.97 Å². The van der Waals surface area contributed by atoms with Crippen molar-refractivity contribution in [3.05, 3.63) is 27.6 Å². The number of hydrogen-bond donors (Lipinski definition) is 3. The van der Waals surface area contributed by atoms with Crippen molar-refractivity contribution < 1.29 is 0 Å². The molecule has 1 aromatic heterocycles. The van der Waals surface area contributed by atoms with E-state index in [0.29, 0.717) is 21.7 Å². The lowest BCUT2D eigenvalue weighted by atomic mass is 10.3. The fraction of sp³-hybridized carbons (Fsp3) is 0. The average Bonchev–Trinajstić information content (AvgIpc) is 2.30. The van der Waals surface area contributed by atoms with E-state index in [0.717, 1.165) is 0 Å². The molecule has 70 valence electrons. The number of imidazole rings is 1. The maximum atomic E-state index is 10.8. The highest BCUT2D eigenvalue weighted by Crippen LogP contribution is 2.22. The normalized spacial score (nSPS) is 9.92. The molecular formula is C7H7Cl2N3O. The summed E-state index contributed by atoms with van der Waals surface area (Å²) in [6.07, 6.45) is 0. The number of fused-ring (bicyclic) bond motifs is 1. The van der Waals surface area contributed by atoms with Crippen LogP contribution in [0.25, 0.3) is 11.0 Å². The molecule has 4 nitrogen and oxygen atoms in total. The summed E-state index contributed by atoms with van der Waals surface area (Å²) in [5.74, 6) is 0. The number of H-pyrrole nitrogens is 2. The van der Waals surface area contributed by atoms with Gasteiger partial charge in [-0.1, -0.05) is 11.6 Å². The number of benzene rings is 1. The molecule has 2 rings (SSSR count). The van der Waals surface area contributed by atoms with E-state index in [2.05, 4.69) is 9.97 Å². The SMILES string of the molecule is Cl.Nc1cc2[nH]c(=O)[nH]c2cc1Cl. The lowest BCUT2D eigenvalue weighted by molar-refractivity contribution is 1.22. The second-order valence-electron chi connectivity index (χ2n) is 2.50. The van der Waals surface area contributed by atoms with Crippen molar-refractivity contribution in [2.45, 2.75) is 0 Å². The van der Waals surface area contributed by atoms with Gasteiger partial charge in [0.05, 0.1) is 21.7 Å². The Morgan fingerprint density at radius 3 is 2.38 bits per heavy atom. The van der Waals surface area contributed by atoms with Gasteiger partial charge >= 0.3 is 5.69 Å².